The molecule has 0 unspecified atom stereocenters. The Morgan fingerprint density at radius 3 is 2.18 bits per heavy atom. The first-order valence-electron chi connectivity index (χ1n) is 8.31. The standard InChI is InChI=1S/C21H13Cl2N3O2/c22-13-6-8-15(17(23)10-13)21-24-20(16-9-7-14(27)11-18(16)28)19(25-26-21)12-4-2-1-3-5-12/h1-11,27-28H. The maximum Gasteiger partial charge on any atom is 0.183 e. The first kappa shape index (κ1) is 18.2. The molecule has 0 aliphatic rings. The molecule has 0 aliphatic heterocycles. The summed E-state index contributed by atoms with van der Waals surface area (Å²) in [6, 6.07) is 18.7. The van der Waals surface area contributed by atoms with Crippen LogP contribution in [0.15, 0.2) is 66.7 Å². The molecular weight excluding hydrogens is 397 g/mol. The maximum absolute atomic E-state index is 10.4. The Morgan fingerprint density at radius 2 is 1.46 bits per heavy atom. The van der Waals surface area contributed by atoms with Gasteiger partial charge in [-0.1, -0.05) is 53.5 Å². The Balaban J connectivity index is 1.96. The van der Waals surface area contributed by atoms with Gasteiger partial charge in [0.15, 0.2) is 5.82 Å². The van der Waals surface area contributed by atoms with E-state index in [9.17, 15) is 10.2 Å². The molecular formula is C21H13Cl2N3O2. The van der Waals surface area contributed by atoms with Crippen molar-refractivity contribution >= 4 is 23.2 Å². The molecule has 138 valence electrons. The summed E-state index contributed by atoms with van der Waals surface area (Å²) >= 11 is 12.3. The van der Waals surface area contributed by atoms with Gasteiger partial charge in [-0.25, -0.2) is 4.98 Å². The first-order chi connectivity index (χ1) is 13.5. The van der Waals surface area contributed by atoms with Gasteiger partial charge < -0.3 is 10.2 Å². The zero-order valence-corrected chi connectivity index (χ0v) is 15.9. The molecule has 0 radical (unpaired) electrons. The molecule has 0 spiro atoms. The lowest BCUT2D eigenvalue weighted by molar-refractivity contribution is 0.451. The van der Waals surface area contributed by atoms with Gasteiger partial charge in [0.25, 0.3) is 0 Å². The second kappa shape index (κ2) is 7.46. The molecule has 0 saturated carbocycles. The van der Waals surface area contributed by atoms with Crippen LogP contribution in [0, 0.1) is 0 Å². The lowest BCUT2D eigenvalue weighted by atomic mass is 10.0. The number of aromatic hydroxyl groups is 2. The highest BCUT2D eigenvalue weighted by atomic mass is 35.5. The molecule has 0 saturated heterocycles. The van der Waals surface area contributed by atoms with Crippen LogP contribution >= 0.6 is 23.2 Å². The molecule has 5 nitrogen and oxygen atoms in total. The minimum absolute atomic E-state index is 0.0505. The molecule has 4 rings (SSSR count). The van der Waals surface area contributed by atoms with Crippen molar-refractivity contribution in [3.8, 4) is 45.4 Å². The van der Waals surface area contributed by atoms with Crippen molar-refractivity contribution in [3.63, 3.8) is 0 Å². The third-order valence-electron chi connectivity index (χ3n) is 4.14. The fourth-order valence-electron chi connectivity index (χ4n) is 2.81. The van der Waals surface area contributed by atoms with Crippen molar-refractivity contribution in [1.29, 1.82) is 0 Å². The Morgan fingerprint density at radius 1 is 0.714 bits per heavy atom. The molecule has 7 heteroatoms. The lowest BCUT2D eigenvalue weighted by Gasteiger charge is -2.12. The van der Waals surface area contributed by atoms with Crippen LogP contribution in [0.2, 0.25) is 10.0 Å². The molecule has 0 amide bonds. The third kappa shape index (κ3) is 3.50. The Kier molecular flexibility index (Phi) is 4.86. The minimum Gasteiger partial charge on any atom is -0.508 e. The number of aromatic nitrogens is 3. The van der Waals surface area contributed by atoms with E-state index < -0.39 is 0 Å². The van der Waals surface area contributed by atoms with Crippen molar-refractivity contribution in [1.82, 2.24) is 15.2 Å². The van der Waals surface area contributed by atoms with Crippen molar-refractivity contribution in [2.75, 3.05) is 0 Å². The van der Waals surface area contributed by atoms with Crippen LogP contribution in [-0.2, 0) is 0 Å². The van der Waals surface area contributed by atoms with Crippen LogP contribution in [0.4, 0.5) is 0 Å². The van der Waals surface area contributed by atoms with Gasteiger partial charge in [-0.3, -0.25) is 0 Å². The largest absolute Gasteiger partial charge is 0.508 e. The van der Waals surface area contributed by atoms with E-state index in [1.807, 2.05) is 30.3 Å². The summed E-state index contributed by atoms with van der Waals surface area (Å²) in [7, 11) is 0. The molecule has 2 N–H and O–H groups in total. The summed E-state index contributed by atoms with van der Waals surface area (Å²) in [5.41, 5.74) is 2.68. The Bertz CT molecular complexity index is 1170. The second-order valence-electron chi connectivity index (χ2n) is 6.02. The van der Waals surface area contributed by atoms with Crippen molar-refractivity contribution in [2.24, 2.45) is 0 Å². The number of phenolic OH excluding ortho intramolecular Hbond substituents is 2. The lowest BCUT2D eigenvalue weighted by Crippen LogP contribution is -2.00. The fourth-order valence-corrected chi connectivity index (χ4v) is 3.30. The van der Waals surface area contributed by atoms with Crippen LogP contribution in [0.3, 0.4) is 0 Å². The van der Waals surface area contributed by atoms with Gasteiger partial charge in [-0.2, -0.15) is 0 Å². The molecule has 0 fully saturated rings. The minimum atomic E-state index is -0.120. The van der Waals surface area contributed by atoms with E-state index in [2.05, 4.69) is 15.2 Å². The number of phenols is 2. The molecule has 0 bridgehead atoms. The van der Waals surface area contributed by atoms with Crippen LogP contribution in [0.25, 0.3) is 33.9 Å². The molecule has 28 heavy (non-hydrogen) atoms. The zero-order valence-electron chi connectivity index (χ0n) is 14.3. The van der Waals surface area contributed by atoms with E-state index in [0.717, 1.165) is 5.56 Å². The highest BCUT2D eigenvalue weighted by molar-refractivity contribution is 6.36. The normalized spacial score (nSPS) is 10.8. The molecule has 4 aromatic rings. The number of rotatable bonds is 3. The smallest absolute Gasteiger partial charge is 0.183 e. The zero-order chi connectivity index (χ0) is 19.7. The van der Waals surface area contributed by atoms with E-state index in [1.165, 1.54) is 12.1 Å². The van der Waals surface area contributed by atoms with Crippen LogP contribution < -0.4 is 0 Å². The van der Waals surface area contributed by atoms with Gasteiger partial charge in [0.05, 0.1) is 5.02 Å². The highest BCUT2D eigenvalue weighted by Gasteiger charge is 2.18. The summed E-state index contributed by atoms with van der Waals surface area (Å²) in [4.78, 5) is 4.63. The number of halogens is 2. The quantitative estimate of drug-likeness (QED) is 0.460. The van der Waals surface area contributed by atoms with E-state index in [0.29, 0.717) is 38.4 Å². The molecule has 0 aliphatic carbocycles. The van der Waals surface area contributed by atoms with Crippen molar-refractivity contribution in [3.05, 3.63) is 76.8 Å². The summed E-state index contributed by atoms with van der Waals surface area (Å²) < 4.78 is 0. The molecule has 0 atom stereocenters. The Labute approximate surface area is 170 Å². The van der Waals surface area contributed by atoms with Gasteiger partial charge in [0.1, 0.15) is 22.9 Å². The predicted octanol–water partition coefficient (Wildman–Crippen LogP) is 5.59. The fraction of sp³-hybridized carbons (Fsp3) is 0. The number of hydrogen-bond acceptors (Lipinski definition) is 5. The molecule has 1 aromatic heterocycles. The maximum atomic E-state index is 10.4. The molecule has 1 heterocycles. The second-order valence-corrected chi connectivity index (χ2v) is 6.87. The van der Waals surface area contributed by atoms with E-state index in [4.69, 9.17) is 23.2 Å². The van der Waals surface area contributed by atoms with E-state index in [-0.39, 0.29) is 11.5 Å². The summed E-state index contributed by atoms with van der Waals surface area (Å²) in [6.07, 6.45) is 0. The third-order valence-corrected chi connectivity index (χ3v) is 4.69. The number of hydrogen-bond donors (Lipinski definition) is 2. The summed E-state index contributed by atoms with van der Waals surface area (Å²) in [5.74, 6) is 0.125. The van der Waals surface area contributed by atoms with E-state index >= 15 is 0 Å². The number of benzene rings is 3. The monoisotopic (exact) mass is 409 g/mol. The highest BCUT2D eigenvalue weighted by Crippen LogP contribution is 2.37. The van der Waals surface area contributed by atoms with Crippen LogP contribution in [0.1, 0.15) is 0 Å². The van der Waals surface area contributed by atoms with Gasteiger partial charge in [0.2, 0.25) is 0 Å². The van der Waals surface area contributed by atoms with Crippen LogP contribution in [0.5, 0.6) is 11.5 Å². The summed E-state index contributed by atoms with van der Waals surface area (Å²) in [6.45, 7) is 0. The topological polar surface area (TPSA) is 79.1 Å². The van der Waals surface area contributed by atoms with Crippen LogP contribution in [-0.4, -0.2) is 25.4 Å². The van der Waals surface area contributed by atoms with E-state index in [1.54, 1.807) is 24.3 Å². The van der Waals surface area contributed by atoms with Crippen molar-refractivity contribution in [2.45, 2.75) is 0 Å². The number of nitrogens with zero attached hydrogens (tertiary/aromatic N) is 3. The first-order valence-corrected chi connectivity index (χ1v) is 9.06. The SMILES string of the molecule is Oc1ccc(-c2nc(-c3ccc(Cl)cc3Cl)nnc2-c2ccccc2)c(O)c1. The van der Waals surface area contributed by atoms with Gasteiger partial charge >= 0.3 is 0 Å². The van der Waals surface area contributed by atoms with Gasteiger partial charge in [-0.15, -0.1) is 10.2 Å². The van der Waals surface area contributed by atoms with Crippen molar-refractivity contribution < 1.29 is 10.2 Å². The Hall–Kier alpha value is -3.15. The van der Waals surface area contributed by atoms with Gasteiger partial charge in [-0.05, 0) is 30.3 Å². The average molecular weight is 410 g/mol. The molecule has 3 aromatic carbocycles. The average Bonchev–Trinajstić information content (AvgIpc) is 2.68. The predicted molar refractivity (Wildman–Crippen MR) is 109 cm³/mol. The van der Waals surface area contributed by atoms with Gasteiger partial charge in [0, 0.05) is 27.8 Å². The summed E-state index contributed by atoms with van der Waals surface area (Å²) in [5, 5.41) is 29.5.